The second kappa shape index (κ2) is 5.21. The van der Waals surface area contributed by atoms with Crippen LogP contribution < -0.4 is 11.1 Å². The predicted molar refractivity (Wildman–Crippen MR) is 89.3 cm³/mol. The fourth-order valence-corrected chi connectivity index (χ4v) is 4.80. The summed E-state index contributed by atoms with van der Waals surface area (Å²) in [6, 6.07) is 0. The molecule has 2 fully saturated rings. The highest BCUT2D eigenvalue weighted by Gasteiger charge is 2.66. The molecule has 124 valence electrons. The molecule has 3 heteroatoms. The van der Waals surface area contributed by atoms with E-state index in [9.17, 15) is 0 Å². The Hall–Kier alpha value is -0.120. The van der Waals surface area contributed by atoms with Gasteiger partial charge in [0, 0.05) is 35.6 Å². The second-order valence-corrected chi connectivity index (χ2v) is 9.78. The quantitative estimate of drug-likeness (QED) is 0.836. The lowest BCUT2D eigenvalue weighted by Gasteiger charge is -2.67. The lowest BCUT2D eigenvalue weighted by atomic mass is 9.46. The minimum Gasteiger partial charge on any atom is -0.377 e. The van der Waals surface area contributed by atoms with E-state index in [0.29, 0.717) is 17.4 Å². The molecule has 0 aromatic rings. The molecule has 0 spiro atoms. The summed E-state index contributed by atoms with van der Waals surface area (Å²) in [7, 11) is 0. The van der Waals surface area contributed by atoms with Gasteiger partial charge in [0.2, 0.25) is 0 Å². The number of hydrogen-bond acceptors (Lipinski definition) is 3. The number of fused-ring (bicyclic) bond motifs is 1. The van der Waals surface area contributed by atoms with Crippen LogP contribution >= 0.6 is 0 Å². The summed E-state index contributed by atoms with van der Waals surface area (Å²) >= 11 is 0. The van der Waals surface area contributed by atoms with Gasteiger partial charge in [0.15, 0.2) is 0 Å². The molecular weight excluding hydrogens is 260 g/mol. The van der Waals surface area contributed by atoms with Crippen LogP contribution in [0.25, 0.3) is 0 Å². The average molecular weight is 296 g/mol. The molecule has 2 aliphatic rings. The Morgan fingerprint density at radius 1 is 1.19 bits per heavy atom. The third kappa shape index (κ3) is 3.16. The van der Waals surface area contributed by atoms with Crippen molar-refractivity contribution in [2.75, 3.05) is 13.2 Å². The van der Waals surface area contributed by atoms with Gasteiger partial charge in [0.1, 0.15) is 0 Å². The Kier molecular flexibility index (Phi) is 4.28. The lowest BCUT2D eigenvalue weighted by molar-refractivity contribution is -0.226. The lowest BCUT2D eigenvalue weighted by Crippen LogP contribution is -2.81. The van der Waals surface area contributed by atoms with Gasteiger partial charge in [0.05, 0.1) is 6.10 Å². The molecule has 3 nitrogen and oxygen atoms in total. The van der Waals surface area contributed by atoms with Gasteiger partial charge in [-0.1, -0.05) is 34.6 Å². The summed E-state index contributed by atoms with van der Waals surface area (Å²) in [5, 5.41) is 3.77. The molecule has 1 aliphatic carbocycles. The first-order valence-electron chi connectivity index (χ1n) is 8.55. The third-order valence-electron chi connectivity index (χ3n) is 5.73. The number of nitrogens with one attached hydrogen (secondary N) is 1. The molecule has 0 bridgehead atoms. The van der Waals surface area contributed by atoms with E-state index in [1.165, 1.54) is 6.42 Å². The molecule has 1 heterocycles. The Bertz CT molecular complexity index is 383. The largest absolute Gasteiger partial charge is 0.377 e. The van der Waals surface area contributed by atoms with Crippen LogP contribution in [0.3, 0.4) is 0 Å². The van der Waals surface area contributed by atoms with Crippen molar-refractivity contribution in [1.29, 1.82) is 0 Å². The molecule has 0 radical (unpaired) electrons. The van der Waals surface area contributed by atoms with E-state index in [0.717, 1.165) is 26.0 Å². The van der Waals surface area contributed by atoms with Gasteiger partial charge in [0.25, 0.3) is 0 Å². The maximum absolute atomic E-state index is 6.86. The summed E-state index contributed by atoms with van der Waals surface area (Å²) in [6.07, 6.45) is 3.86. The van der Waals surface area contributed by atoms with E-state index in [2.05, 4.69) is 53.8 Å². The van der Waals surface area contributed by atoms with Crippen molar-refractivity contribution in [3.63, 3.8) is 0 Å². The maximum atomic E-state index is 6.86. The zero-order valence-corrected chi connectivity index (χ0v) is 15.2. The van der Waals surface area contributed by atoms with Gasteiger partial charge in [-0.05, 0) is 38.5 Å². The van der Waals surface area contributed by atoms with Gasteiger partial charge in [-0.2, -0.15) is 0 Å². The van der Waals surface area contributed by atoms with Crippen LogP contribution in [-0.4, -0.2) is 30.3 Å². The topological polar surface area (TPSA) is 47.3 Å². The Labute approximate surface area is 131 Å². The van der Waals surface area contributed by atoms with Crippen molar-refractivity contribution in [2.24, 2.45) is 22.5 Å². The fourth-order valence-electron chi connectivity index (χ4n) is 4.80. The highest BCUT2D eigenvalue weighted by atomic mass is 16.5. The van der Waals surface area contributed by atoms with Gasteiger partial charge in [-0.25, -0.2) is 0 Å². The fraction of sp³-hybridized carbons (Fsp3) is 1.00. The number of rotatable bonds is 4. The molecule has 2 rings (SSSR count). The molecule has 0 aromatic carbocycles. The molecular formula is C18H36N2O. The van der Waals surface area contributed by atoms with E-state index in [1.54, 1.807) is 0 Å². The van der Waals surface area contributed by atoms with Gasteiger partial charge in [-0.3, -0.25) is 0 Å². The maximum Gasteiger partial charge on any atom is 0.0690 e. The van der Waals surface area contributed by atoms with Crippen LogP contribution in [0.4, 0.5) is 0 Å². The predicted octanol–water partition coefficient (Wildman–Crippen LogP) is 3.32. The first-order valence-corrected chi connectivity index (χ1v) is 8.55. The van der Waals surface area contributed by atoms with Crippen molar-refractivity contribution in [2.45, 2.75) is 84.9 Å². The summed E-state index contributed by atoms with van der Waals surface area (Å²) in [5.41, 5.74) is 7.21. The van der Waals surface area contributed by atoms with Crippen molar-refractivity contribution in [3.05, 3.63) is 0 Å². The van der Waals surface area contributed by atoms with E-state index in [-0.39, 0.29) is 16.5 Å². The van der Waals surface area contributed by atoms with Crippen LogP contribution in [0.2, 0.25) is 0 Å². The standard InChI is InChI=1S/C18H36N2O/c1-15(2,3)11-16(4,5)20-12-18(19)13-9-8-10-21-14(13)17(18,6)7/h13-14,20H,8-12,19H2,1-7H3. The second-order valence-electron chi connectivity index (χ2n) is 9.78. The summed E-state index contributed by atoms with van der Waals surface area (Å²) in [6.45, 7) is 17.8. The zero-order chi connectivity index (χ0) is 16.1. The van der Waals surface area contributed by atoms with E-state index < -0.39 is 0 Å². The van der Waals surface area contributed by atoms with E-state index in [4.69, 9.17) is 10.5 Å². The van der Waals surface area contributed by atoms with Gasteiger partial charge in [-0.15, -0.1) is 0 Å². The van der Waals surface area contributed by atoms with Crippen LogP contribution in [-0.2, 0) is 4.74 Å². The summed E-state index contributed by atoms with van der Waals surface area (Å²) < 4.78 is 5.99. The number of nitrogens with two attached hydrogens (primary N) is 1. The normalized spacial score (nSPS) is 36.0. The highest BCUT2D eigenvalue weighted by molar-refractivity contribution is 5.21. The molecule has 1 saturated carbocycles. The number of ether oxygens (including phenoxy) is 1. The van der Waals surface area contributed by atoms with E-state index >= 15 is 0 Å². The summed E-state index contributed by atoms with van der Waals surface area (Å²) in [4.78, 5) is 0. The molecule has 21 heavy (non-hydrogen) atoms. The number of hydrogen-bond donors (Lipinski definition) is 2. The van der Waals surface area contributed by atoms with Crippen molar-refractivity contribution >= 4 is 0 Å². The monoisotopic (exact) mass is 296 g/mol. The van der Waals surface area contributed by atoms with Gasteiger partial charge >= 0.3 is 0 Å². The smallest absolute Gasteiger partial charge is 0.0690 e. The molecule has 3 unspecified atom stereocenters. The van der Waals surface area contributed by atoms with Crippen LogP contribution in [0, 0.1) is 16.7 Å². The van der Waals surface area contributed by atoms with Gasteiger partial charge < -0.3 is 15.8 Å². The van der Waals surface area contributed by atoms with Crippen LogP contribution in [0.1, 0.15) is 67.7 Å². The SMILES string of the molecule is CC(C)(C)CC(C)(C)NCC1(N)C2CCCOC2C1(C)C. The van der Waals surface area contributed by atoms with Crippen LogP contribution in [0.15, 0.2) is 0 Å². The molecule has 1 saturated heterocycles. The Balaban J connectivity index is 2.01. The molecule has 0 amide bonds. The Morgan fingerprint density at radius 2 is 1.81 bits per heavy atom. The molecule has 3 N–H and O–H groups in total. The average Bonchev–Trinajstić information content (AvgIpc) is 2.33. The zero-order valence-electron chi connectivity index (χ0n) is 15.2. The van der Waals surface area contributed by atoms with Crippen molar-refractivity contribution < 1.29 is 4.74 Å². The minimum atomic E-state index is -0.146. The third-order valence-corrected chi connectivity index (χ3v) is 5.73. The van der Waals surface area contributed by atoms with Crippen molar-refractivity contribution in [1.82, 2.24) is 5.32 Å². The minimum absolute atomic E-state index is 0.0584. The van der Waals surface area contributed by atoms with E-state index in [1.807, 2.05) is 0 Å². The van der Waals surface area contributed by atoms with Crippen LogP contribution in [0.5, 0.6) is 0 Å². The molecule has 0 aromatic heterocycles. The highest BCUT2D eigenvalue weighted by Crippen LogP contribution is 2.57. The first-order chi connectivity index (χ1) is 9.39. The van der Waals surface area contributed by atoms with Crippen molar-refractivity contribution in [3.8, 4) is 0 Å². The summed E-state index contributed by atoms with van der Waals surface area (Å²) in [5.74, 6) is 0.513. The first kappa shape index (κ1) is 17.2. The Morgan fingerprint density at radius 3 is 2.38 bits per heavy atom. The molecule has 3 atom stereocenters. The molecule has 1 aliphatic heterocycles.